The van der Waals surface area contributed by atoms with Crippen molar-refractivity contribution in [3.63, 3.8) is 0 Å². The minimum atomic E-state index is -0.771. The van der Waals surface area contributed by atoms with Crippen LogP contribution >= 0.6 is 0 Å². The van der Waals surface area contributed by atoms with E-state index in [1.54, 1.807) is 6.08 Å². The zero-order chi connectivity index (χ0) is 13.5. The van der Waals surface area contributed by atoms with Crippen molar-refractivity contribution in [2.45, 2.75) is 40.5 Å². The van der Waals surface area contributed by atoms with Crippen LogP contribution in [0, 0.1) is 17.3 Å². The molecule has 0 radical (unpaired) electrons. The largest absolute Gasteiger partial charge is 0.461 e. The minimum absolute atomic E-state index is 0.0589. The lowest BCUT2D eigenvalue weighted by Crippen LogP contribution is -2.41. The molecule has 0 aromatic carbocycles. The topological polar surface area (TPSA) is 46.5 Å². The summed E-state index contributed by atoms with van der Waals surface area (Å²) in [6, 6.07) is 0. The Bertz CT molecular complexity index is 246. The molecule has 0 aliphatic carbocycles. The van der Waals surface area contributed by atoms with E-state index in [-0.39, 0.29) is 25.1 Å². The van der Waals surface area contributed by atoms with Crippen molar-refractivity contribution >= 4 is 5.97 Å². The lowest BCUT2D eigenvalue weighted by Gasteiger charge is -2.33. The fourth-order valence-corrected chi connectivity index (χ4v) is 1.78. The lowest BCUT2D eigenvalue weighted by molar-refractivity contribution is -0.161. The molecule has 0 aromatic heterocycles. The summed E-state index contributed by atoms with van der Waals surface area (Å²) < 4.78 is 5.12. The van der Waals surface area contributed by atoms with Gasteiger partial charge < -0.3 is 9.84 Å². The standard InChI is InChI=1S/C14H26O3/c1-6-9-17-13(16)14(10-15,12(4)5)8-7-11(2)3/h6,11-12,15H,1,7-10H2,2-5H3. The Hall–Kier alpha value is -0.830. The highest BCUT2D eigenvalue weighted by Crippen LogP contribution is 2.35. The molecular formula is C14H26O3. The van der Waals surface area contributed by atoms with E-state index in [9.17, 15) is 9.90 Å². The van der Waals surface area contributed by atoms with Crippen LogP contribution in [-0.4, -0.2) is 24.3 Å². The molecule has 0 amide bonds. The van der Waals surface area contributed by atoms with Gasteiger partial charge in [0.05, 0.1) is 12.0 Å². The van der Waals surface area contributed by atoms with Gasteiger partial charge in [-0.25, -0.2) is 0 Å². The number of aliphatic hydroxyl groups is 1. The fourth-order valence-electron chi connectivity index (χ4n) is 1.78. The molecule has 0 fully saturated rings. The van der Waals surface area contributed by atoms with E-state index in [4.69, 9.17) is 4.74 Å². The van der Waals surface area contributed by atoms with Crippen LogP contribution in [0.5, 0.6) is 0 Å². The molecule has 0 saturated carbocycles. The number of esters is 1. The van der Waals surface area contributed by atoms with Gasteiger partial charge in [0.25, 0.3) is 0 Å². The lowest BCUT2D eigenvalue weighted by atomic mass is 9.73. The van der Waals surface area contributed by atoms with Gasteiger partial charge in [0.2, 0.25) is 0 Å². The smallest absolute Gasteiger partial charge is 0.314 e. The van der Waals surface area contributed by atoms with Crippen molar-refractivity contribution in [3.05, 3.63) is 12.7 Å². The first-order valence-electron chi connectivity index (χ1n) is 6.29. The summed E-state index contributed by atoms with van der Waals surface area (Å²) >= 11 is 0. The van der Waals surface area contributed by atoms with Gasteiger partial charge in [0.1, 0.15) is 6.61 Å². The van der Waals surface area contributed by atoms with E-state index < -0.39 is 5.41 Å². The fraction of sp³-hybridized carbons (Fsp3) is 0.786. The molecule has 0 aromatic rings. The van der Waals surface area contributed by atoms with Crippen molar-refractivity contribution in [1.29, 1.82) is 0 Å². The van der Waals surface area contributed by atoms with Gasteiger partial charge in [0.15, 0.2) is 0 Å². The van der Waals surface area contributed by atoms with Gasteiger partial charge in [-0.2, -0.15) is 0 Å². The van der Waals surface area contributed by atoms with E-state index in [2.05, 4.69) is 20.4 Å². The summed E-state index contributed by atoms with van der Waals surface area (Å²) in [6.07, 6.45) is 3.11. The van der Waals surface area contributed by atoms with E-state index in [0.29, 0.717) is 12.3 Å². The zero-order valence-corrected chi connectivity index (χ0v) is 11.5. The maximum Gasteiger partial charge on any atom is 0.314 e. The second kappa shape index (κ2) is 7.49. The van der Waals surface area contributed by atoms with Gasteiger partial charge in [0, 0.05) is 0 Å². The molecule has 0 aliphatic rings. The van der Waals surface area contributed by atoms with Crippen LogP contribution in [-0.2, 0) is 9.53 Å². The Morgan fingerprint density at radius 3 is 2.35 bits per heavy atom. The number of carbonyl (C=O) groups excluding carboxylic acids is 1. The maximum atomic E-state index is 12.1. The van der Waals surface area contributed by atoms with Crippen molar-refractivity contribution in [2.24, 2.45) is 17.3 Å². The SMILES string of the molecule is C=CCOC(=O)C(CO)(CCC(C)C)C(C)C. The molecule has 3 nitrogen and oxygen atoms in total. The summed E-state index contributed by atoms with van der Waals surface area (Å²) in [5, 5.41) is 9.60. The molecule has 1 unspecified atom stereocenters. The van der Waals surface area contributed by atoms with Gasteiger partial charge in [-0.3, -0.25) is 4.79 Å². The minimum Gasteiger partial charge on any atom is -0.461 e. The van der Waals surface area contributed by atoms with Gasteiger partial charge in [-0.05, 0) is 24.7 Å². The molecule has 0 heterocycles. The quantitative estimate of drug-likeness (QED) is 0.526. The maximum absolute atomic E-state index is 12.1. The highest BCUT2D eigenvalue weighted by atomic mass is 16.5. The summed E-state index contributed by atoms with van der Waals surface area (Å²) in [5.74, 6) is 0.256. The number of ether oxygens (including phenoxy) is 1. The van der Waals surface area contributed by atoms with Crippen LogP contribution in [0.15, 0.2) is 12.7 Å². The number of rotatable bonds is 8. The molecule has 0 aliphatic heterocycles. The monoisotopic (exact) mass is 242 g/mol. The van der Waals surface area contributed by atoms with Crippen molar-refractivity contribution in [1.82, 2.24) is 0 Å². The molecule has 100 valence electrons. The summed E-state index contributed by atoms with van der Waals surface area (Å²) in [4.78, 5) is 12.1. The second-order valence-corrected chi connectivity index (χ2v) is 5.29. The first-order chi connectivity index (χ1) is 7.90. The van der Waals surface area contributed by atoms with Crippen LogP contribution in [0.4, 0.5) is 0 Å². The number of hydrogen-bond donors (Lipinski definition) is 1. The van der Waals surface area contributed by atoms with Crippen LogP contribution in [0.25, 0.3) is 0 Å². The molecule has 0 spiro atoms. The molecular weight excluding hydrogens is 216 g/mol. The Morgan fingerprint density at radius 1 is 1.41 bits per heavy atom. The number of hydrogen-bond acceptors (Lipinski definition) is 3. The molecule has 3 heteroatoms. The Kier molecular flexibility index (Phi) is 7.12. The zero-order valence-electron chi connectivity index (χ0n) is 11.5. The second-order valence-electron chi connectivity index (χ2n) is 5.29. The number of aliphatic hydroxyl groups excluding tert-OH is 1. The summed E-state index contributed by atoms with van der Waals surface area (Å²) in [5.41, 5.74) is -0.771. The van der Waals surface area contributed by atoms with Crippen LogP contribution in [0.2, 0.25) is 0 Å². The first kappa shape index (κ1) is 16.2. The van der Waals surface area contributed by atoms with Crippen molar-refractivity contribution in [3.8, 4) is 0 Å². The Morgan fingerprint density at radius 2 is 2.00 bits per heavy atom. The van der Waals surface area contributed by atoms with E-state index in [1.165, 1.54) is 0 Å². The average Bonchev–Trinajstić information content (AvgIpc) is 2.26. The third kappa shape index (κ3) is 4.50. The van der Waals surface area contributed by atoms with Gasteiger partial charge in [-0.15, -0.1) is 0 Å². The summed E-state index contributed by atoms with van der Waals surface area (Å²) in [7, 11) is 0. The third-order valence-electron chi connectivity index (χ3n) is 3.29. The van der Waals surface area contributed by atoms with Crippen molar-refractivity contribution in [2.75, 3.05) is 13.2 Å². The van der Waals surface area contributed by atoms with Crippen molar-refractivity contribution < 1.29 is 14.6 Å². The molecule has 17 heavy (non-hydrogen) atoms. The van der Waals surface area contributed by atoms with Gasteiger partial charge >= 0.3 is 5.97 Å². The molecule has 0 bridgehead atoms. The number of carbonyl (C=O) groups is 1. The predicted octanol–water partition coefficient (Wildman–Crippen LogP) is 2.79. The highest BCUT2D eigenvalue weighted by molar-refractivity contribution is 5.77. The first-order valence-corrected chi connectivity index (χ1v) is 6.29. The Labute approximate surface area is 105 Å². The van der Waals surface area contributed by atoms with Crippen LogP contribution in [0.1, 0.15) is 40.5 Å². The highest BCUT2D eigenvalue weighted by Gasteiger charge is 2.42. The van der Waals surface area contributed by atoms with Gasteiger partial charge in [-0.1, -0.05) is 40.3 Å². The van der Waals surface area contributed by atoms with E-state index >= 15 is 0 Å². The van der Waals surface area contributed by atoms with E-state index in [0.717, 1.165) is 6.42 Å². The van der Waals surface area contributed by atoms with Crippen LogP contribution < -0.4 is 0 Å². The van der Waals surface area contributed by atoms with E-state index in [1.807, 2.05) is 13.8 Å². The molecule has 0 saturated heterocycles. The Balaban J connectivity index is 4.80. The van der Waals surface area contributed by atoms with Crippen LogP contribution in [0.3, 0.4) is 0 Å². The third-order valence-corrected chi connectivity index (χ3v) is 3.29. The molecule has 1 atom stereocenters. The molecule has 0 rings (SSSR count). The normalized spacial score (nSPS) is 14.8. The average molecular weight is 242 g/mol. The predicted molar refractivity (Wildman–Crippen MR) is 69.6 cm³/mol. The summed E-state index contributed by atoms with van der Waals surface area (Å²) in [6.45, 7) is 11.7. The molecule has 1 N–H and O–H groups in total.